The maximum absolute atomic E-state index is 5.92. The number of nitrogens with two attached hydrogens (primary N) is 1. The molecule has 1 aromatic heterocycles. The van der Waals surface area contributed by atoms with E-state index in [1.165, 1.54) is 0 Å². The average Bonchev–Trinajstić information content (AvgIpc) is 2.28. The Bertz CT molecular complexity index is 523. The zero-order valence-corrected chi connectivity index (χ0v) is 10.1. The minimum Gasteiger partial charge on any atom is -0.397 e. The van der Waals surface area contributed by atoms with Crippen molar-refractivity contribution in [2.24, 2.45) is 0 Å². The van der Waals surface area contributed by atoms with Crippen LogP contribution in [0.4, 0.5) is 11.4 Å². The van der Waals surface area contributed by atoms with Crippen molar-refractivity contribution in [1.29, 1.82) is 0 Å². The van der Waals surface area contributed by atoms with E-state index >= 15 is 0 Å². The first-order valence-corrected chi connectivity index (χ1v) is 5.53. The molecule has 88 valence electrons. The summed E-state index contributed by atoms with van der Waals surface area (Å²) in [5.41, 5.74) is 9.73. The maximum Gasteiger partial charge on any atom is 0.125 e. The third-order valence-corrected chi connectivity index (χ3v) is 2.50. The number of rotatable bonds is 3. The van der Waals surface area contributed by atoms with Crippen molar-refractivity contribution >= 4 is 11.4 Å². The van der Waals surface area contributed by atoms with Crippen molar-refractivity contribution in [3.63, 3.8) is 0 Å². The standard InChI is InChI=1S/C13H16N4/c1-9-3-4-13(12(14)7-9)16-8-11-5-6-15-10(2)17-11/h3-7,16H,8,14H2,1-2H3. The molecule has 0 aliphatic rings. The number of aryl methyl sites for hydroxylation is 2. The quantitative estimate of drug-likeness (QED) is 0.791. The maximum atomic E-state index is 5.92. The lowest BCUT2D eigenvalue weighted by Crippen LogP contribution is -2.05. The van der Waals surface area contributed by atoms with Crippen LogP contribution in [0.3, 0.4) is 0 Å². The molecule has 0 aliphatic carbocycles. The van der Waals surface area contributed by atoms with Gasteiger partial charge in [0.1, 0.15) is 5.82 Å². The number of hydrogen-bond donors (Lipinski definition) is 2. The van der Waals surface area contributed by atoms with Gasteiger partial charge >= 0.3 is 0 Å². The van der Waals surface area contributed by atoms with Crippen LogP contribution in [0, 0.1) is 13.8 Å². The van der Waals surface area contributed by atoms with Gasteiger partial charge in [-0.15, -0.1) is 0 Å². The van der Waals surface area contributed by atoms with Gasteiger partial charge in [-0.25, -0.2) is 9.97 Å². The Morgan fingerprint density at radius 2 is 2.06 bits per heavy atom. The molecule has 0 radical (unpaired) electrons. The summed E-state index contributed by atoms with van der Waals surface area (Å²) in [5, 5.41) is 3.27. The third-order valence-electron chi connectivity index (χ3n) is 2.50. The number of benzene rings is 1. The van der Waals surface area contributed by atoms with Crippen LogP contribution in [0.15, 0.2) is 30.5 Å². The van der Waals surface area contributed by atoms with Gasteiger partial charge in [-0.3, -0.25) is 0 Å². The molecule has 1 heterocycles. The molecule has 1 aromatic carbocycles. The molecular formula is C13H16N4. The van der Waals surface area contributed by atoms with Gasteiger partial charge in [-0.2, -0.15) is 0 Å². The van der Waals surface area contributed by atoms with Crippen molar-refractivity contribution < 1.29 is 0 Å². The second-order valence-corrected chi connectivity index (χ2v) is 4.04. The number of aromatic nitrogens is 2. The fourth-order valence-corrected chi connectivity index (χ4v) is 1.63. The van der Waals surface area contributed by atoms with Crippen LogP contribution in [0.1, 0.15) is 17.1 Å². The second-order valence-electron chi connectivity index (χ2n) is 4.04. The lowest BCUT2D eigenvalue weighted by molar-refractivity contribution is 0.955. The van der Waals surface area contributed by atoms with E-state index in [1.54, 1.807) is 6.20 Å². The van der Waals surface area contributed by atoms with Gasteiger partial charge in [-0.05, 0) is 37.6 Å². The normalized spacial score (nSPS) is 10.2. The van der Waals surface area contributed by atoms with Crippen LogP contribution in [0.25, 0.3) is 0 Å². The molecule has 0 atom stereocenters. The molecule has 0 amide bonds. The van der Waals surface area contributed by atoms with E-state index in [-0.39, 0.29) is 0 Å². The fraction of sp³-hybridized carbons (Fsp3) is 0.231. The van der Waals surface area contributed by atoms with E-state index in [0.29, 0.717) is 6.54 Å². The molecule has 0 aliphatic heterocycles. The summed E-state index contributed by atoms with van der Waals surface area (Å²) in [6.45, 7) is 4.55. The predicted molar refractivity (Wildman–Crippen MR) is 69.7 cm³/mol. The fourth-order valence-electron chi connectivity index (χ4n) is 1.63. The van der Waals surface area contributed by atoms with E-state index in [1.807, 2.05) is 38.1 Å². The molecule has 0 spiro atoms. The molecule has 0 fully saturated rings. The highest BCUT2D eigenvalue weighted by Gasteiger charge is 2.00. The van der Waals surface area contributed by atoms with Crippen LogP contribution in [0.5, 0.6) is 0 Å². The van der Waals surface area contributed by atoms with Gasteiger partial charge in [0.25, 0.3) is 0 Å². The monoisotopic (exact) mass is 228 g/mol. The summed E-state index contributed by atoms with van der Waals surface area (Å²) in [4.78, 5) is 8.38. The van der Waals surface area contributed by atoms with Gasteiger partial charge in [0.2, 0.25) is 0 Å². The van der Waals surface area contributed by atoms with Gasteiger partial charge in [0.05, 0.1) is 23.6 Å². The minimum absolute atomic E-state index is 0.649. The van der Waals surface area contributed by atoms with Crippen LogP contribution in [-0.4, -0.2) is 9.97 Å². The van der Waals surface area contributed by atoms with Gasteiger partial charge in [0.15, 0.2) is 0 Å². The summed E-state index contributed by atoms with van der Waals surface area (Å²) in [6, 6.07) is 7.86. The molecule has 0 saturated heterocycles. The topological polar surface area (TPSA) is 63.8 Å². The van der Waals surface area contributed by atoms with Crippen LogP contribution in [-0.2, 0) is 6.54 Å². The highest BCUT2D eigenvalue weighted by atomic mass is 14.9. The first-order valence-electron chi connectivity index (χ1n) is 5.53. The van der Waals surface area contributed by atoms with E-state index < -0.39 is 0 Å². The summed E-state index contributed by atoms with van der Waals surface area (Å²) in [5.74, 6) is 0.779. The lowest BCUT2D eigenvalue weighted by Gasteiger charge is -2.09. The molecule has 0 bridgehead atoms. The van der Waals surface area contributed by atoms with Crippen molar-refractivity contribution in [2.75, 3.05) is 11.1 Å². The Labute approximate surface area is 101 Å². The SMILES string of the molecule is Cc1ccc(NCc2ccnc(C)n2)c(N)c1. The van der Waals surface area contributed by atoms with Crippen molar-refractivity contribution in [2.45, 2.75) is 20.4 Å². The van der Waals surface area contributed by atoms with Crippen LogP contribution < -0.4 is 11.1 Å². The Morgan fingerprint density at radius 1 is 1.24 bits per heavy atom. The molecule has 2 aromatic rings. The molecule has 0 saturated carbocycles. The van der Waals surface area contributed by atoms with E-state index in [2.05, 4.69) is 15.3 Å². The molecule has 2 rings (SSSR count). The summed E-state index contributed by atoms with van der Waals surface area (Å²) >= 11 is 0. The van der Waals surface area contributed by atoms with Crippen molar-refractivity contribution in [1.82, 2.24) is 9.97 Å². The van der Waals surface area contributed by atoms with Crippen molar-refractivity contribution in [3.8, 4) is 0 Å². The van der Waals surface area contributed by atoms with Crippen LogP contribution in [0.2, 0.25) is 0 Å². The number of hydrogen-bond acceptors (Lipinski definition) is 4. The molecular weight excluding hydrogens is 212 g/mol. The first-order chi connectivity index (χ1) is 8.15. The highest BCUT2D eigenvalue weighted by molar-refractivity contribution is 5.66. The summed E-state index contributed by atoms with van der Waals surface area (Å²) in [7, 11) is 0. The van der Waals surface area contributed by atoms with E-state index in [4.69, 9.17) is 5.73 Å². The molecule has 4 nitrogen and oxygen atoms in total. The number of nitrogen functional groups attached to an aromatic ring is 1. The zero-order chi connectivity index (χ0) is 12.3. The number of nitrogens with zero attached hydrogens (tertiary/aromatic N) is 2. The van der Waals surface area contributed by atoms with E-state index in [0.717, 1.165) is 28.5 Å². The average molecular weight is 228 g/mol. The number of nitrogens with one attached hydrogen (secondary N) is 1. The first kappa shape index (κ1) is 11.4. The predicted octanol–water partition coefficient (Wildman–Crippen LogP) is 2.29. The van der Waals surface area contributed by atoms with E-state index in [9.17, 15) is 0 Å². The largest absolute Gasteiger partial charge is 0.397 e. The van der Waals surface area contributed by atoms with Gasteiger partial charge in [0, 0.05) is 6.20 Å². The molecule has 17 heavy (non-hydrogen) atoms. The molecule has 4 heteroatoms. The second kappa shape index (κ2) is 4.82. The van der Waals surface area contributed by atoms with Gasteiger partial charge in [-0.1, -0.05) is 6.07 Å². The third kappa shape index (κ3) is 2.93. The Kier molecular flexibility index (Phi) is 3.23. The summed E-state index contributed by atoms with van der Waals surface area (Å²) in [6.07, 6.45) is 1.76. The van der Waals surface area contributed by atoms with Crippen LogP contribution >= 0.6 is 0 Å². The molecule has 0 unspecified atom stereocenters. The Morgan fingerprint density at radius 3 is 2.76 bits per heavy atom. The summed E-state index contributed by atoms with van der Waals surface area (Å²) < 4.78 is 0. The zero-order valence-electron chi connectivity index (χ0n) is 10.1. The van der Waals surface area contributed by atoms with Gasteiger partial charge < -0.3 is 11.1 Å². The minimum atomic E-state index is 0.649. The highest BCUT2D eigenvalue weighted by Crippen LogP contribution is 2.19. The number of anilines is 2. The Balaban J connectivity index is 2.07. The van der Waals surface area contributed by atoms with Crippen molar-refractivity contribution in [3.05, 3.63) is 47.5 Å². The Hall–Kier alpha value is -2.10. The lowest BCUT2D eigenvalue weighted by atomic mass is 10.2. The molecule has 3 N–H and O–H groups in total. The smallest absolute Gasteiger partial charge is 0.125 e.